The van der Waals surface area contributed by atoms with Crippen LogP contribution in [0.3, 0.4) is 0 Å². The molecule has 0 aromatic carbocycles. The van der Waals surface area contributed by atoms with Gasteiger partial charge in [0.1, 0.15) is 6.33 Å². The van der Waals surface area contributed by atoms with Crippen molar-refractivity contribution in [1.82, 2.24) is 14.9 Å². The highest BCUT2D eigenvalue weighted by atomic mass is 16.3. The zero-order chi connectivity index (χ0) is 11.4. The van der Waals surface area contributed by atoms with Crippen LogP contribution in [0.1, 0.15) is 12.0 Å². The van der Waals surface area contributed by atoms with Crippen molar-refractivity contribution in [2.45, 2.75) is 12.8 Å². The van der Waals surface area contributed by atoms with Crippen molar-refractivity contribution in [3.05, 3.63) is 24.3 Å². The first-order valence-electron chi connectivity index (χ1n) is 5.42. The van der Waals surface area contributed by atoms with Crippen molar-refractivity contribution in [1.29, 1.82) is 0 Å². The van der Waals surface area contributed by atoms with Gasteiger partial charge in [-0.2, -0.15) is 0 Å². The summed E-state index contributed by atoms with van der Waals surface area (Å²) >= 11 is 0. The van der Waals surface area contributed by atoms with Crippen LogP contribution in [0.5, 0.6) is 0 Å². The van der Waals surface area contributed by atoms with Crippen LogP contribution in [0, 0.1) is 5.92 Å². The van der Waals surface area contributed by atoms with Crippen LogP contribution in [-0.4, -0.2) is 45.6 Å². The molecule has 5 heteroatoms. The SMILES string of the molecule is O=C1CC(CO)CN1CCc1cncnc1. The summed E-state index contributed by atoms with van der Waals surface area (Å²) in [5.74, 6) is 0.246. The van der Waals surface area contributed by atoms with Gasteiger partial charge in [0, 0.05) is 44.4 Å². The third-order valence-corrected chi connectivity index (χ3v) is 2.84. The molecule has 0 aliphatic carbocycles. The van der Waals surface area contributed by atoms with Crippen LogP contribution in [0.2, 0.25) is 0 Å². The second kappa shape index (κ2) is 5.03. The molecule has 1 atom stereocenters. The van der Waals surface area contributed by atoms with E-state index >= 15 is 0 Å². The standard InChI is InChI=1S/C11H15N3O2/c15-7-10-3-11(16)14(6-10)2-1-9-4-12-8-13-5-9/h4-5,8,10,15H,1-3,6-7H2. The van der Waals surface area contributed by atoms with E-state index in [-0.39, 0.29) is 18.4 Å². The number of aromatic nitrogens is 2. The van der Waals surface area contributed by atoms with Gasteiger partial charge in [0.25, 0.3) is 0 Å². The minimum atomic E-state index is 0.0939. The quantitative estimate of drug-likeness (QED) is 0.768. The van der Waals surface area contributed by atoms with E-state index in [1.807, 2.05) is 0 Å². The van der Waals surface area contributed by atoms with Crippen molar-refractivity contribution >= 4 is 5.91 Å². The highest BCUT2D eigenvalue weighted by Gasteiger charge is 2.28. The summed E-state index contributed by atoms with van der Waals surface area (Å²) in [6, 6.07) is 0. The highest BCUT2D eigenvalue weighted by Crippen LogP contribution is 2.17. The minimum absolute atomic E-state index is 0.0939. The number of hydrogen-bond donors (Lipinski definition) is 1. The average molecular weight is 221 g/mol. The van der Waals surface area contributed by atoms with E-state index < -0.39 is 0 Å². The van der Waals surface area contributed by atoms with E-state index in [0.717, 1.165) is 12.0 Å². The topological polar surface area (TPSA) is 66.3 Å². The zero-order valence-electron chi connectivity index (χ0n) is 9.04. The lowest BCUT2D eigenvalue weighted by atomic mass is 10.1. The molecule has 1 aliphatic rings. The molecular weight excluding hydrogens is 206 g/mol. The van der Waals surface area contributed by atoms with Gasteiger partial charge in [-0.25, -0.2) is 9.97 Å². The molecular formula is C11H15N3O2. The molecule has 2 rings (SSSR count). The smallest absolute Gasteiger partial charge is 0.223 e. The number of aliphatic hydroxyl groups is 1. The molecule has 1 fully saturated rings. The molecule has 1 aliphatic heterocycles. The van der Waals surface area contributed by atoms with Gasteiger partial charge in [-0.3, -0.25) is 4.79 Å². The van der Waals surface area contributed by atoms with E-state index in [2.05, 4.69) is 9.97 Å². The van der Waals surface area contributed by atoms with Crippen LogP contribution in [0.15, 0.2) is 18.7 Å². The molecule has 1 amide bonds. The molecule has 2 heterocycles. The van der Waals surface area contributed by atoms with Crippen molar-refractivity contribution in [3.8, 4) is 0 Å². The van der Waals surface area contributed by atoms with E-state index in [9.17, 15) is 4.79 Å². The van der Waals surface area contributed by atoms with Gasteiger partial charge in [0.05, 0.1) is 0 Å². The Kier molecular flexibility index (Phi) is 3.46. The molecule has 0 saturated carbocycles. The van der Waals surface area contributed by atoms with Gasteiger partial charge in [0.15, 0.2) is 0 Å². The van der Waals surface area contributed by atoms with Gasteiger partial charge in [-0.05, 0) is 12.0 Å². The zero-order valence-corrected chi connectivity index (χ0v) is 9.04. The maximum Gasteiger partial charge on any atom is 0.223 e. The van der Waals surface area contributed by atoms with Gasteiger partial charge in [0.2, 0.25) is 5.91 Å². The van der Waals surface area contributed by atoms with Crippen molar-refractivity contribution in [2.24, 2.45) is 5.92 Å². The number of likely N-dealkylation sites (tertiary alicyclic amines) is 1. The predicted octanol–water partition coefficient (Wildman–Crippen LogP) is -0.140. The van der Waals surface area contributed by atoms with E-state index in [1.54, 1.807) is 17.3 Å². The summed E-state index contributed by atoms with van der Waals surface area (Å²) < 4.78 is 0. The lowest BCUT2D eigenvalue weighted by Gasteiger charge is -2.15. The number of carbonyl (C=O) groups excluding carboxylic acids is 1. The average Bonchev–Trinajstić information content (AvgIpc) is 2.69. The summed E-state index contributed by atoms with van der Waals surface area (Å²) in [4.78, 5) is 21.2. The fourth-order valence-electron chi connectivity index (χ4n) is 1.92. The first-order valence-corrected chi connectivity index (χ1v) is 5.42. The van der Waals surface area contributed by atoms with Crippen LogP contribution >= 0.6 is 0 Å². The van der Waals surface area contributed by atoms with Crippen molar-refractivity contribution < 1.29 is 9.90 Å². The van der Waals surface area contributed by atoms with Crippen molar-refractivity contribution in [2.75, 3.05) is 19.7 Å². The number of hydrogen-bond acceptors (Lipinski definition) is 4. The molecule has 0 spiro atoms. The van der Waals surface area contributed by atoms with Gasteiger partial charge >= 0.3 is 0 Å². The van der Waals surface area contributed by atoms with Gasteiger partial charge in [-0.1, -0.05) is 0 Å². The maximum atomic E-state index is 11.5. The van der Waals surface area contributed by atoms with Gasteiger partial charge in [-0.15, -0.1) is 0 Å². The Morgan fingerprint density at radius 1 is 1.44 bits per heavy atom. The molecule has 86 valence electrons. The lowest BCUT2D eigenvalue weighted by molar-refractivity contribution is -0.127. The Morgan fingerprint density at radius 2 is 2.19 bits per heavy atom. The van der Waals surface area contributed by atoms with Crippen LogP contribution in [0.25, 0.3) is 0 Å². The Hall–Kier alpha value is -1.49. The fourth-order valence-corrected chi connectivity index (χ4v) is 1.92. The third-order valence-electron chi connectivity index (χ3n) is 2.84. The number of rotatable bonds is 4. The Bertz CT molecular complexity index is 356. The molecule has 1 aromatic heterocycles. The molecule has 1 unspecified atom stereocenters. The summed E-state index contributed by atoms with van der Waals surface area (Å²) in [6.45, 7) is 1.45. The molecule has 0 bridgehead atoms. The van der Waals surface area contributed by atoms with Crippen LogP contribution in [0.4, 0.5) is 0 Å². The third kappa shape index (κ3) is 2.55. The fraction of sp³-hybridized carbons (Fsp3) is 0.545. The van der Waals surface area contributed by atoms with E-state index in [4.69, 9.17) is 5.11 Å². The number of aliphatic hydroxyl groups excluding tert-OH is 1. The molecule has 1 saturated heterocycles. The van der Waals surface area contributed by atoms with E-state index in [0.29, 0.717) is 19.5 Å². The minimum Gasteiger partial charge on any atom is -0.396 e. The Balaban J connectivity index is 1.85. The summed E-state index contributed by atoms with van der Waals surface area (Å²) in [5.41, 5.74) is 1.03. The molecule has 16 heavy (non-hydrogen) atoms. The normalized spacial score (nSPS) is 20.4. The maximum absolute atomic E-state index is 11.5. The largest absolute Gasteiger partial charge is 0.396 e. The monoisotopic (exact) mass is 221 g/mol. The first-order chi connectivity index (χ1) is 7.79. The highest BCUT2D eigenvalue weighted by molar-refractivity contribution is 5.78. The first kappa shape index (κ1) is 11.0. The van der Waals surface area contributed by atoms with Crippen LogP contribution in [-0.2, 0) is 11.2 Å². The predicted molar refractivity (Wildman–Crippen MR) is 57.5 cm³/mol. The summed E-state index contributed by atoms with van der Waals surface area (Å²) in [5, 5.41) is 8.99. The van der Waals surface area contributed by atoms with Crippen LogP contribution < -0.4 is 0 Å². The molecule has 1 N–H and O–H groups in total. The number of amides is 1. The number of carbonyl (C=O) groups is 1. The lowest BCUT2D eigenvalue weighted by Crippen LogP contribution is -2.27. The van der Waals surface area contributed by atoms with E-state index in [1.165, 1.54) is 6.33 Å². The summed E-state index contributed by atoms with van der Waals surface area (Å²) in [7, 11) is 0. The van der Waals surface area contributed by atoms with Gasteiger partial charge < -0.3 is 10.0 Å². The molecule has 5 nitrogen and oxygen atoms in total. The van der Waals surface area contributed by atoms with Crippen molar-refractivity contribution in [3.63, 3.8) is 0 Å². The summed E-state index contributed by atoms with van der Waals surface area (Å²) in [6.07, 6.45) is 6.26. The molecule has 0 radical (unpaired) electrons. The molecule has 1 aromatic rings. The Labute approximate surface area is 94.1 Å². The number of nitrogens with zero attached hydrogens (tertiary/aromatic N) is 3. The second-order valence-corrected chi connectivity index (χ2v) is 4.09. The second-order valence-electron chi connectivity index (χ2n) is 4.09. The Morgan fingerprint density at radius 3 is 2.81 bits per heavy atom.